The second kappa shape index (κ2) is 9.77. The summed E-state index contributed by atoms with van der Waals surface area (Å²) in [6, 6.07) is 0. The van der Waals surface area contributed by atoms with Gasteiger partial charge in [-0.15, -0.1) is 13.2 Å². The second-order valence-corrected chi connectivity index (χ2v) is 9.12. The van der Waals surface area contributed by atoms with E-state index in [-0.39, 0.29) is 16.6 Å². The van der Waals surface area contributed by atoms with Crippen LogP contribution in [0.5, 0.6) is 0 Å². The number of ether oxygens (including phenoxy) is 2. The van der Waals surface area contributed by atoms with E-state index >= 15 is 0 Å². The van der Waals surface area contributed by atoms with E-state index in [0.29, 0.717) is 25.0 Å². The lowest BCUT2D eigenvalue weighted by atomic mass is 9.60. The van der Waals surface area contributed by atoms with Crippen LogP contribution in [0, 0.1) is 17.3 Å². The van der Waals surface area contributed by atoms with Crippen LogP contribution in [0.1, 0.15) is 74.7 Å². The van der Waals surface area contributed by atoms with E-state index in [4.69, 9.17) is 9.47 Å². The Balaban J connectivity index is 5.79. The highest BCUT2D eigenvalue weighted by atomic mass is 16.5. The monoisotopic (exact) mass is 338 g/mol. The summed E-state index contributed by atoms with van der Waals surface area (Å²) >= 11 is 0. The molecule has 0 N–H and O–H groups in total. The van der Waals surface area contributed by atoms with Crippen LogP contribution >= 0.6 is 0 Å². The third-order valence-electron chi connectivity index (χ3n) is 4.79. The Bertz CT molecular complexity index is 367. The molecule has 0 saturated carbocycles. The van der Waals surface area contributed by atoms with E-state index in [2.05, 4.69) is 68.5 Å². The van der Waals surface area contributed by atoms with Gasteiger partial charge in [-0.2, -0.15) is 0 Å². The Morgan fingerprint density at radius 1 is 0.792 bits per heavy atom. The van der Waals surface area contributed by atoms with Gasteiger partial charge in [0, 0.05) is 5.41 Å². The first-order valence-corrected chi connectivity index (χ1v) is 9.41. The van der Waals surface area contributed by atoms with Crippen molar-refractivity contribution in [3.63, 3.8) is 0 Å². The zero-order valence-corrected chi connectivity index (χ0v) is 17.6. The van der Waals surface area contributed by atoms with Gasteiger partial charge in [0.15, 0.2) is 0 Å². The van der Waals surface area contributed by atoms with Crippen LogP contribution in [0.4, 0.5) is 0 Å². The van der Waals surface area contributed by atoms with E-state index < -0.39 is 0 Å². The molecule has 0 aromatic carbocycles. The smallest absolute Gasteiger partial charge is 0.0687 e. The van der Waals surface area contributed by atoms with Crippen LogP contribution in [-0.2, 0) is 9.47 Å². The molecule has 24 heavy (non-hydrogen) atoms. The van der Waals surface area contributed by atoms with E-state index in [1.54, 1.807) is 0 Å². The van der Waals surface area contributed by atoms with Gasteiger partial charge >= 0.3 is 0 Å². The molecule has 0 saturated heterocycles. The Morgan fingerprint density at radius 3 is 1.58 bits per heavy atom. The number of hydrogen-bond acceptors (Lipinski definition) is 2. The SMILES string of the molecule is C=CCOC(C)(C)CC(CC(C)C)(CC(C)C)C(C)(C)OCC=C. The zero-order chi connectivity index (χ0) is 19.0. The van der Waals surface area contributed by atoms with Crippen molar-refractivity contribution in [2.45, 2.75) is 85.9 Å². The van der Waals surface area contributed by atoms with Gasteiger partial charge < -0.3 is 9.47 Å². The molecule has 0 atom stereocenters. The number of hydrogen-bond donors (Lipinski definition) is 0. The fourth-order valence-electron chi connectivity index (χ4n) is 4.07. The molecule has 0 heterocycles. The van der Waals surface area contributed by atoms with Crippen LogP contribution in [0.25, 0.3) is 0 Å². The molecule has 0 radical (unpaired) electrons. The van der Waals surface area contributed by atoms with E-state index in [9.17, 15) is 0 Å². The molecule has 0 unspecified atom stereocenters. The minimum Gasteiger partial charge on any atom is -0.372 e. The van der Waals surface area contributed by atoms with Crippen molar-refractivity contribution >= 4 is 0 Å². The predicted molar refractivity (Wildman–Crippen MR) is 106 cm³/mol. The largest absolute Gasteiger partial charge is 0.372 e. The minimum absolute atomic E-state index is 0.0447. The fraction of sp³-hybridized carbons (Fsp3) is 0.818. The molecule has 0 spiro atoms. The van der Waals surface area contributed by atoms with Gasteiger partial charge in [-0.05, 0) is 58.8 Å². The molecule has 2 heteroatoms. The van der Waals surface area contributed by atoms with Crippen LogP contribution in [0.15, 0.2) is 25.3 Å². The molecule has 0 aliphatic heterocycles. The lowest BCUT2D eigenvalue weighted by Gasteiger charge is -2.52. The summed E-state index contributed by atoms with van der Waals surface area (Å²) < 4.78 is 12.4. The normalized spacial score (nSPS) is 13.6. The van der Waals surface area contributed by atoms with Crippen molar-refractivity contribution in [1.29, 1.82) is 0 Å². The van der Waals surface area contributed by atoms with E-state index in [1.807, 2.05) is 12.2 Å². The Hall–Kier alpha value is -0.600. The first kappa shape index (κ1) is 23.4. The third-order valence-corrected chi connectivity index (χ3v) is 4.79. The molecule has 0 bridgehead atoms. The van der Waals surface area contributed by atoms with Crippen molar-refractivity contribution in [3.8, 4) is 0 Å². The summed E-state index contributed by atoms with van der Waals surface area (Å²) in [5, 5.41) is 0. The van der Waals surface area contributed by atoms with Crippen molar-refractivity contribution in [2.24, 2.45) is 17.3 Å². The van der Waals surface area contributed by atoms with E-state index in [0.717, 1.165) is 19.3 Å². The molecule has 2 nitrogen and oxygen atoms in total. The van der Waals surface area contributed by atoms with Gasteiger partial charge in [-0.3, -0.25) is 0 Å². The molecule has 0 aromatic rings. The third kappa shape index (κ3) is 7.53. The first-order chi connectivity index (χ1) is 10.9. The van der Waals surface area contributed by atoms with Crippen molar-refractivity contribution < 1.29 is 9.47 Å². The van der Waals surface area contributed by atoms with Gasteiger partial charge in [0.25, 0.3) is 0 Å². The lowest BCUT2D eigenvalue weighted by Crippen LogP contribution is -2.51. The highest BCUT2D eigenvalue weighted by Gasteiger charge is 2.49. The molecule has 0 aliphatic carbocycles. The van der Waals surface area contributed by atoms with Crippen molar-refractivity contribution in [1.82, 2.24) is 0 Å². The highest BCUT2D eigenvalue weighted by Crippen LogP contribution is 2.50. The van der Waals surface area contributed by atoms with Crippen LogP contribution < -0.4 is 0 Å². The average molecular weight is 339 g/mol. The number of rotatable bonds is 13. The molecule has 0 rings (SSSR count). The Morgan fingerprint density at radius 2 is 1.21 bits per heavy atom. The quantitative estimate of drug-likeness (QED) is 0.361. The van der Waals surface area contributed by atoms with E-state index in [1.165, 1.54) is 0 Å². The second-order valence-electron chi connectivity index (χ2n) is 9.12. The maximum Gasteiger partial charge on any atom is 0.0687 e. The van der Waals surface area contributed by atoms with Gasteiger partial charge in [-0.25, -0.2) is 0 Å². The molecular weight excluding hydrogens is 296 g/mol. The molecule has 0 fully saturated rings. The summed E-state index contributed by atoms with van der Waals surface area (Å²) in [4.78, 5) is 0. The summed E-state index contributed by atoms with van der Waals surface area (Å²) in [5.74, 6) is 1.20. The highest BCUT2D eigenvalue weighted by molar-refractivity contribution is 5.00. The first-order valence-electron chi connectivity index (χ1n) is 9.41. The molecule has 0 amide bonds. The standard InChI is InChI=1S/C22H42O2/c1-11-13-23-20(7,8)17-22(15-18(3)4,16-19(5)6)21(9,10)24-14-12-2/h11-12,18-19H,1-2,13-17H2,3-10H3. The fourth-order valence-corrected chi connectivity index (χ4v) is 4.07. The molecule has 0 aliphatic rings. The van der Waals surface area contributed by atoms with Gasteiger partial charge in [0.2, 0.25) is 0 Å². The summed E-state index contributed by atoms with van der Waals surface area (Å²) in [6.45, 7) is 26.8. The Kier molecular flexibility index (Phi) is 9.53. The zero-order valence-electron chi connectivity index (χ0n) is 17.6. The molecule has 142 valence electrons. The maximum absolute atomic E-state index is 6.30. The van der Waals surface area contributed by atoms with Gasteiger partial charge in [0.1, 0.15) is 0 Å². The topological polar surface area (TPSA) is 18.5 Å². The Labute approximate surface area is 151 Å². The van der Waals surface area contributed by atoms with Crippen molar-refractivity contribution in [3.05, 3.63) is 25.3 Å². The summed E-state index contributed by atoms with van der Waals surface area (Å²) in [7, 11) is 0. The lowest BCUT2D eigenvalue weighted by molar-refractivity contribution is -0.155. The van der Waals surface area contributed by atoms with Crippen LogP contribution in [0.2, 0.25) is 0 Å². The van der Waals surface area contributed by atoms with Gasteiger partial charge in [-0.1, -0.05) is 39.8 Å². The maximum atomic E-state index is 6.30. The summed E-state index contributed by atoms with van der Waals surface area (Å²) in [5.41, 5.74) is -0.416. The molecule has 0 aromatic heterocycles. The predicted octanol–water partition coefficient (Wildman–Crippen LogP) is 6.42. The molecular formula is C22H42O2. The van der Waals surface area contributed by atoms with Crippen molar-refractivity contribution in [2.75, 3.05) is 13.2 Å². The van der Waals surface area contributed by atoms with Crippen LogP contribution in [-0.4, -0.2) is 24.4 Å². The minimum atomic E-state index is -0.245. The van der Waals surface area contributed by atoms with Crippen LogP contribution in [0.3, 0.4) is 0 Å². The average Bonchev–Trinajstić information content (AvgIpc) is 2.40. The summed E-state index contributed by atoms with van der Waals surface area (Å²) in [6.07, 6.45) is 6.88. The van der Waals surface area contributed by atoms with Gasteiger partial charge in [0.05, 0.1) is 24.4 Å².